The summed E-state index contributed by atoms with van der Waals surface area (Å²) in [5, 5.41) is 1.66. The monoisotopic (exact) mass is 190 g/mol. The molecule has 0 bridgehead atoms. The summed E-state index contributed by atoms with van der Waals surface area (Å²) in [7, 11) is 0. The first-order valence-corrected chi connectivity index (χ1v) is 4.57. The van der Waals surface area contributed by atoms with Crippen LogP contribution >= 0.6 is 0 Å². The lowest BCUT2D eigenvalue weighted by Gasteiger charge is -2.08. The third kappa shape index (κ3) is 0.857. The minimum atomic E-state index is -2.68. The van der Waals surface area contributed by atoms with Gasteiger partial charge < -0.3 is 0 Å². The average Bonchev–Trinajstić information content (AvgIpc) is 2.41. The van der Waals surface area contributed by atoms with E-state index in [9.17, 15) is 8.78 Å². The highest BCUT2D eigenvalue weighted by Crippen LogP contribution is 2.44. The van der Waals surface area contributed by atoms with E-state index in [1.165, 1.54) is 6.07 Å². The van der Waals surface area contributed by atoms with Crippen LogP contribution in [-0.2, 0) is 12.3 Å². The predicted octanol–water partition coefficient (Wildman–Crippen LogP) is 3.49. The molecule has 0 radical (unpaired) electrons. The summed E-state index contributed by atoms with van der Waals surface area (Å²) in [5.41, 5.74) is 0.953. The van der Waals surface area contributed by atoms with Crippen LogP contribution in [0.1, 0.15) is 11.1 Å². The quantitative estimate of drug-likeness (QED) is 0.596. The van der Waals surface area contributed by atoms with E-state index < -0.39 is 5.92 Å². The number of benzene rings is 2. The summed E-state index contributed by atoms with van der Waals surface area (Å²) in [5.74, 6) is -2.68. The fourth-order valence-corrected chi connectivity index (χ4v) is 2.21. The van der Waals surface area contributed by atoms with Crippen LogP contribution in [0.15, 0.2) is 36.4 Å². The maximum Gasteiger partial charge on any atom is 0.277 e. The molecule has 0 N–H and O–H groups in total. The summed E-state index contributed by atoms with van der Waals surface area (Å²) in [4.78, 5) is 0. The van der Waals surface area contributed by atoms with Gasteiger partial charge in [0.25, 0.3) is 5.92 Å². The van der Waals surface area contributed by atoms with Crippen LogP contribution in [0.2, 0.25) is 0 Å². The normalized spacial score (nSPS) is 17.6. The van der Waals surface area contributed by atoms with Gasteiger partial charge in [0.2, 0.25) is 0 Å². The van der Waals surface area contributed by atoms with E-state index in [1.807, 2.05) is 18.2 Å². The summed E-state index contributed by atoms with van der Waals surface area (Å²) in [6, 6.07) is 10.6. The molecule has 0 atom stereocenters. The zero-order valence-corrected chi connectivity index (χ0v) is 7.43. The van der Waals surface area contributed by atoms with Gasteiger partial charge in [0.1, 0.15) is 0 Å². The number of alkyl halides is 2. The zero-order valence-electron chi connectivity index (χ0n) is 7.43. The summed E-state index contributed by atoms with van der Waals surface area (Å²) in [6.07, 6.45) is -0.149. The van der Waals surface area contributed by atoms with E-state index in [-0.39, 0.29) is 12.0 Å². The Kier molecular flexibility index (Phi) is 1.31. The zero-order chi connectivity index (χ0) is 9.76. The molecule has 14 heavy (non-hydrogen) atoms. The topological polar surface area (TPSA) is 0 Å². The molecule has 0 fully saturated rings. The molecule has 0 nitrogen and oxygen atoms in total. The Morgan fingerprint density at radius 1 is 1.00 bits per heavy atom. The average molecular weight is 190 g/mol. The molecule has 0 saturated carbocycles. The Bertz CT molecular complexity index is 509. The predicted molar refractivity (Wildman–Crippen MR) is 51.5 cm³/mol. The van der Waals surface area contributed by atoms with Gasteiger partial charge in [0.15, 0.2) is 0 Å². The van der Waals surface area contributed by atoms with Crippen LogP contribution in [0.3, 0.4) is 0 Å². The standard InChI is InChI=1S/C12H8F2/c13-12(14)7-9-5-1-3-8-4-2-6-10(12)11(8)9/h1-6H,7H2. The highest BCUT2D eigenvalue weighted by molar-refractivity contribution is 5.91. The molecular weight excluding hydrogens is 182 g/mol. The molecule has 0 unspecified atom stereocenters. The van der Waals surface area contributed by atoms with E-state index in [0.29, 0.717) is 0 Å². The molecule has 1 aliphatic rings. The Balaban J connectivity index is 2.50. The van der Waals surface area contributed by atoms with Crippen LogP contribution in [0.5, 0.6) is 0 Å². The molecule has 2 aromatic carbocycles. The first-order valence-electron chi connectivity index (χ1n) is 4.57. The molecule has 3 rings (SSSR count). The van der Waals surface area contributed by atoms with Crippen molar-refractivity contribution in [1.82, 2.24) is 0 Å². The van der Waals surface area contributed by atoms with Gasteiger partial charge in [0.05, 0.1) is 0 Å². The van der Waals surface area contributed by atoms with E-state index in [4.69, 9.17) is 0 Å². The second-order valence-electron chi connectivity index (χ2n) is 3.70. The number of rotatable bonds is 0. The largest absolute Gasteiger partial charge is 0.277 e. The number of halogens is 2. The molecule has 0 spiro atoms. The van der Waals surface area contributed by atoms with Crippen molar-refractivity contribution in [2.24, 2.45) is 0 Å². The molecule has 0 saturated heterocycles. The van der Waals surface area contributed by atoms with Crippen molar-refractivity contribution in [3.8, 4) is 0 Å². The van der Waals surface area contributed by atoms with Crippen molar-refractivity contribution in [3.05, 3.63) is 47.5 Å². The second-order valence-corrected chi connectivity index (χ2v) is 3.70. The van der Waals surface area contributed by atoms with Crippen molar-refractivity contribution < 1.29 is 8.78 Å². The Morgan fingerprint density at radius 3 is 2.50 bits per heavy atom. The van der Waals surface area contributed by atoms with Crippen molar-refractivity contribution in [1.29, 1.82) is 0 Å². The van der Waals surface area contributed by atoms with Gasteiger partial charge in [-0.25, -0.2) is 8.78 Å². The van der Waals surface area contributed by atoms with Crippen LogP contribution in [-0.4, -0.2) is 0 Å². The fourth-order valence-electron chi connectivity index (χ4n) is 2.21. The van der Waals surface area contributed by atoms with Crippen LogP contribution in [0, 0.1) is 0 Å². The Hall–Kier alpha value is -1.44. The second kappa shape index (κ2) is 2.32. The van der Waals surface area contributed by atoms with Gasteiger partial charge in [-0.1, -0.05) is 36.4 Å². The molecule has 0 aromatic heterocycles. The molecule has 70 valence electrons. The van der Waals surface area contributed by atoms with E-state index in [0.717, 1.165) is 16.3 Å². The van der Waals surface area contributed by atoms with Crippen molar-refractivity contribution in [2.75, 3.05) is 0 Å². The van der Waals surface area contributed by atoms with Crippen LogP contribution in [0.4, 0.5) is 8.78 Å². The molecule has 0 amide bonds. The maximum absolute atomic E-state index is 13.5. The lowest BCUT2D eigenvalue weighted by atomic mass is 10.1. The molecule has 1 aliphatic carbocycles. The highest BCUT2D eigenvalue weighted by atomic mass is 19.3. The van der Waals surface area contributed by atoms with E-state index in [1.54, 1.807) is 12.1 Å². The van der Waals surface area contributed by atoms with Crippen molar-refractivity contribution >= 4 is 10.8 Å². The Morgan fingerprint density at radius 2 is 1.71 bits per heavy atom. The van der Waals surface area contributed by atoms with Crippen molar-refractivity contribution in [3.63, 3.8) is 0 Å². The third-order valence-corrected chi connectivity index (χ3v) is 2.80. The first kappa shape index (κ1) is 7.92. The van der Waals surface area contributed by atoms with Gasteiger partial charge >= 0.3 is 0 Å². The summed E-state index contributed by atoms with van der Waals surface area (Å²) >= 11 is 0. The first-order chi connectivity index (χ1) is 6.68. The van der Waals surface area contributed by atoms with Crippen molar-refractivity contribution in [2.45, 2.75) is 12.3 Å². The van der Waals surface area contributed by atoms with Crippen LogP contribution < -0.4 is 0 Å². The van der Waals surface area contributed by atoms with E-state index >= 15 is 0 Å². The van der Waals surface area contributed by atoms with Gasteiger partial charge in [-0.05, 0) is 16.3 Å². The highest BCUT2D eigenvalue weighted by Gasteiger charge is 2.39. The maximum atomic E-state index is 13.5. The smallest absolute Gasteiger partial charge is 0.201 e. The SMILES string of the molecule is FC1(F)Cc2cccc3cccc1c23. The summed E-state index contributed by atoms with van der Waals surface area (Å²) in [6.45, 7) is 0. The van der Waals surface area contributed by atoms with Gasteiger partial charge in [-0.3, -0.25) is 0 Å². The fraction of sp³-hybridized carbons (Fsp3) is 0.167. The lowest BCUT2D eigenvalue weighted by molar-refractivity contribution is 0.00313. The molecule has 2 heteroatoms. The third-order valence-electron chi connectivity index (χ3n) is 2.80. The lowest BCUT2D eigenvalue weighted by Crippen LogP contribution is -2.10. The molecule has 2 aromatic rings. The molecule has 0 heterocycles. The van der Waals surface area contributed by atoms with Gasteiger partial charge in [-0.2, -0.15) is 0 Å². The van der Waals surface area contributed by atoms with E-state index in [2.05, 4.69) is 0 Å². The molecule has 0 aliphatic heterocycles. The summed E-state index contributed by atoms with van der Waals surface area (Å²) < 4.78 is 27.0. The van der Waals surface area contributed by atoms with Crippen LogP contribution in [0.25, 0.3) is 10.8 Å². The molecular formula is C12H8F2. The minimum Gasteiger partial charge on any atom is -0.201 e. The number of hydrogen-bond acceptors (Lipinski definition) is 0. The number of hydrogen-bond donors (Lipinski definition) is 0. The van der Waals surface area contributed by atoms with Gasteiger partial charge in [0, 0.05) is 12.0 Å². The Labute approximate surface area is 80.2 Å². The minimum absolute atomic E-state index is 0.149. The van der Waals surface area contributed by atoms with Gasteiger partial charge in [-0.15, -0.1) is 0 Å².